The molecule has 0 aliphatic heterocycles. The van der Waals surface area contributed by atoms with Crippen LogP contribution in [0.15, 0.2) is 24.9 Å². The molecule has 0 spiro atoms. The molecule has 0 radical (unpaired) electrons. The van der Waals surface area contributed by atoms with Crippen molar-refractivity contribution in [1.82, 2.24) is 24.7 Å². The second-order valence-corrected chi connectivity index (χ2v) is 2.98. The number of hydrogen-bond acceptors (Lipinski definition) is 5. The first-order valence-electron chi connectivity index (χ1n) is 4.76. The minimum absolute atomic E-state index is 0.616. The largest absolute Gasteiger partial charge is 0.363 e. The molecule has 2 rings (SSSR count). The van der Waals surface area contributed by atoms with Crippen molar-refractivity contribution < 1.29 is 0 Å². The highest BCUT2D eigenvalue weighted by molar-refractivity contribution is 5.31. The predicted octanol–water partition coefficient (Wildman–Crippen LogP) is 0.700. The number of anilines is 1. The Hall–Kier alpha value is -1.98. The Morgan fingerprint density at radius 2 is 2.40 bits per heavy atom. The minimum atomic E-state index is 0.616. The van der Waals surface area contributed by atoms with Gasteiger partial charge >= 0.3 is 0 Å². The Morgan fingerprint density at radius 1 is 1.47 bits per heavy atom. The van der Waals surface area contributed by atoms with Gasteiger partial charge in [0.2, 0.25) is 0 Å². The molecule has 0 saturated carbocycles. The maximum Gasteiger partial charge on any atom is 0.152 e. The van der Waals surface area contributed by atoms with Crippen molar-refractivity contribution in [3.05, 3.63) is 30.7 Å². The standard InChI is InChI=1S/C9H12N6/c1-2-15-7-13-14-9(15)5-11-8-3-4-10-6-12-8/h3-4,6-7H,2,5H2,1H3,(H,10,11,12). The molecular formula is C9H12N6. The first-order chi connectivity index (χ1) is 7.40. The highest BCUT2D eigenvalue weighted by Gasteiger charge is 2.01. The molecule has 78 valence electrons. The zero-order chi connectivity index (χ0) is 10.5. The third kappa shape index (κ3) is 2.28. The number of nitrogens with one attached hydrogen (secondary N) is 1. The maximum atomic E-state index is 4.05. The molecule has 0 aliphatic rings. The summed E-state index contributed by atoms with van der Waals surface area (Å²) in [5.41, 5.74) is 0. The smallest absolute Gasteiger partial charge is 0.152 e. The van der Waals surface area contributed by atoms with Gasteiger partial charge in [0.15, 0.2) is 5.82 Å². The van der Waals surface area contributed by atoms with E-state index in [2.05, 4.69) is 32.4 Å². The Morgan fingerprint density at radius 3 is 3.13 bits per heavy atom. The number of rotatable bonds is 4. The van der Waals surface area contributed by atoms with Crippen LogP contribution in [0.4, 0.5) is 5.82 Å². The topological polar surface area (TPSA) is 68.5 Å². The summed E-state index contributed by atoms with van der Waals surface area (Å²) in [6, 6.07) is 1.81. The van der Waals surface area contributed by atoms with Crippen LogP contribution in [0.2, 0.25) is 0 Å². The van der Waals surface area contributed by atoms with Gasteiger partial charge in [0.05, 0.1) is 6.54 Å². The van der Waals surface area contributed by atoms with Crippen molar-refractivity contribution >= 4 is 5.82 Å². The molecule has 2 aromatic rings. The van der Waals surface area contributed by atoms with E-state index in [9.17, 15) is 0 Å². The minimum Gasteiger partial charge on any atom is -0.363 e. The number of aromatic nitrogens is 5. The van der Waals surface area contributed by atoms with Crippen LogP contribution < -0.4 is 5.32 Å². The van der Waals surface area contributed by atoms with Crippen molar-refractivity contribution in [2.24, 2.45) is 0 Å². The molecule has 0 unspecified atom stereocenters. The van der Waals surface area contributed by atoms with Crippen LogP contribution >= 0.6 is 0 Å². The van der Waals surface area contributed by atoms with Gasteiger partial charge in [0, 0.05) is 12.7 Å². The SMILES string of the molecule is CCn1cnnc1CNc1ccncn1. The molecule has 2 heterocycles. The van der Waals surface area contributed by atoms with Gasteiger partial charge in [-0.05, 0) is 13.0 Å². The molecule has 1 N–H and O–H groups in total. The van der Waals surface area contributed by atoms with Gasteiger partial charge in [0.1, 0.15) is 18.5 Å². The molecule has 0 fully saturated rings. The van der Waals surface area contributed by atoms with Crippen molar-refractivity contribution in [2.75, 3.05) is 5.32 Å². The molecule has 15 heavy (non-hydrogen) atoms. The van der Waals surface area contributed by atoms with Crippen LogP contribution in [-0.2, 0) is 13.1 Å². The second kappa shape index (κ2) is 4.50. The van der Waals surface area contributed by atoms with E-state index >= 15 is 0 Å². The number of hydrogen-bond donors (Lipinski definition) is 1. The van der Waals surface area contributed by atoms with Crippen LogP contribution in [0, 0.1) is 0 Å². The summed E-state index contributed by atoms with van der Waals surface area (Å²) < 4.78 is 1.98. The highest BCUT2D eigenvalue weighted by atomic mass is 15.3. The normalized spacial score (nSPS) is 10.2. The summed E-state index contributed by atoms with van der Waals surface area (Å²) in [6.45, 7) is 3.54. The fraction of sp³-hybridized carbons (Fsp3) is 0.333. The monoisotopic (exact) mass is 204 g/mol. The van der Waals surface area contributed by atoms with Gasteiger partial charge in [-0.25, -0.2) is 9.97 Å². The summed E-state index contributed by atoms with van der Waals surface area (Å²) in [5, 5.41) is 11.0. The number of nitrogens with zero attached hydrogens (tertiary/aromatic N) is 5. The van der Waals surface area contributed by atoms with Gasteiger partial charge in [-0.1, -0.05) is 0 Å². The van der Waals surface area contributed by atoms with E-state index in [1.807, 2.05) is 10.6 Å². The van der Waals surface area contributed by atoms with E-state index in [1.54, 1.807) is 12.5 Å². The predicted molar refractivity (Wildman–Crippen MR) is 55.1 cm³/mol. The Labute approximate surface area is 87.4 Å². The van der Waals surface area contributed by atoms with Crippen LogP contribution in [0.25, 0.3) is 0 Å². The fourth-order valence-electron chi connectivity index (χ4n) is 1.24. The van der Waals surface area contributed by atoms with E-state index < -0.39 is 0 Å². The zero-order valence-corrected chi connectivity index (χ0v) is 8.46. The van der Waals surface area contributed by atoms with Crippen molar-refractivity contribution in [3.8, 4) is 0 Å². The van der Waals surface area contributed by atoms with Crippen molar-refractivity contribution in [1.29, 1.82) is 0 Å². The maximum absolute atomic E-state index is 4.05. The van der Waals surface area contributed by atoms with Crippen LogP contribution in [0.5, 0.6) is 0 Å². The summed E-state index contributed by atoms with van der Waals surface area (Å²) in [6.07, 6.45) is 4.92. The van der Waals surface area contributed by atoms with Gasteiger partial charge in [-0.15, -0.1) is 10.2 Å². The molecule has 0 bridgehead atoms. The quantitative estimate of drug-likeness (QED) is 0.794. The van der Waals surface area contributed by atoms with Gasteiger partial charge < -0.3 is 9.88 Å². The molecular weight excluding hydrogens is 192 g/mol. The lowest BCUT2D eigenvalue weighted by atomic mass is 10.5. The first-order valence-corrected chi connectivity index (χ1v) is 4.76. The third-order valence-corrected chi connectivity index (χ3v) is 2.05. The fourth-order valence-corrected chi connectivity index (χ4v) is 1.24. The van der Waals surface area contributed by atoms with E-state index in [-0.39, 0.29) is 0 Å². The Kier molecular flexibility index (Phi) is 2.87. The summed E-state index contributed by atoms with van der Waals surface area (Å²) in [4.78, 5) is 7.89. The van der Waals surface area contributed by atoms with E-state index in [1.165, 1.54) is 6.33 Å². The van der Waals surface area contributed by atoms with E-state index in [4.69, 9.17) is 0 Å². The van der Waals surface area contributed by atoms with Gasteiger partial charge in [-0.2, -0.15) is 0 Å². The van der Waals surface area contributed by atoms with Crippen LogP contribution in [-0.4, -0.2) is 24.7 Å². The van der Waals surface area contributed by atoms with Gasteiger partial charge in [-0.3, -0.25) is 0 Å². The zero-order valence-electron chi connectivity index (χ0n) is 8.46. The Balaban J connectivity index is 1.99. The molecule has 6 heteroatoms. The average molecular weight is 204 g/mol. The molecule has 0 atom stereocenters. The lowest BCUT2D eigenvalue weighted by Crippen LogP contribution is -2.08. The van der Waals surface area contributed by atoms with Crippen LogP contribution in [0.1, 0.15) is 12.7 Å². The molecule has 2 aromatic heterocycles. The molecule has 0 saturated heterocycles. The summed E-state index contributed by atoms with van der Waals surface area (Å²) >= 11 is 0. The lowest BCUT2D eigenvalue weighted by molar-refractivity contribution is 0.707. The van der Waals surface area contributed by atoms with E-state index in [0.717, 1.165) is 18.2 Å². The molecule has 0 amide bonds. The Bertz CT molecular complexity index is 410. The summed E-state index contributed by atoms with van der Waals surface area (Å²) in [5.74, 6) is 1.69. The van der Waals surface area contributed by atoms with E-state index in [0.29, 0.717) is 6.54 Å². The molecule has 0 aromatic carbocycles. The lowest BCUT2D eigenvalue weighted by Gasteiger charge is -2.05. The average Bonchev–Trinajstić information content (AvgIpc) is 2.75. The van der Waals surface area contributed by atoms with Crippen LogP contribution in [0.3, 0.4) is 0 Å². The highest BCUT2D eigenvalue weighted by Crippen LogP contribution is 2.02. The molecule has 6 nitrogen and oxygen atoms in total. The first kappa shape index (κ1) is 9.57. The van der Waals surface area contributed by atoms with Crippen molar-refractivity contribution in [2.45, 2.75) is 20.0 Å². The molecule has 0 aliphatic carbocycles. The summed E-state index contributed by atoms with van der Waals surface area (Å²) in [7, 11) is 0. The second-order valence-electron chi connectivity index (χ2n) is 2.98. The van der Waals surface area contributed by atoms with Crippen molar-refractivity contribution in [3.63, 3.8) is 0 Å². The number of aryl methyl sites for hydroxylation is 1. The third-order valence-electron chi connectivity index (χ3n) is 2.05. The van der Waals surface area contributed by atoms with Gasteiger partial charge in [0.25, 0.3) is 0 Å².